The van der Waals surface area contributed by atoms with Gasteiger partial charge in [-0.25, -0.2) is 4.98 Å². The molecule has 0 unspecified atom stereocenters. The second-order valence-corrected chi connectivity index (χ2v) is 5.44. The number of fused-ring (bicyclic) bond motifs is 1. The van der Waals surface area contributed by atoms with Crippen LogP contribution in [0.15, 0.2) is 48.8 Å². The molecule has 96 valence electrons. The Morgan fingerprint density at radius 3 is 2.63 bits per heavy atom. The van der Waals surface area contributed by atoms with Crippen molar-refractivity contribution in [3.05, 3.63) is 52.4 Å². The topological polar surface area (TPSA) is 26.5 Å². The van der Waals surface area contributed by atoms with Crippen molar-refractivity contribution in [1.29, 1.82) is 0 Å². The van der Waals surface area contributed by atoms with Crippen LogP contribution >= 0.6 is 22.6 Å². The molecule has 2 heterocycles. The molecule has 0 aliphatic rings. The van der Waals surface area contributed by atoms with Crippen LogP contribution in [0, 0.1) is 3.57 Å². The lowest BCUT2D eigenvalue weighted by Crippen LogP contribution is -1.90. The second kappa shape index (κ2) is 5.21. The molecular formula is C15H13IN2O. The lowest BCUT2D eigenvalue weighted by atomic mass is 10.2. The van der Waals surface area contributed by atoms with E-state index in [0.29, 0.717) is 6.61 Å². The number of hydrogen-bond donors (Lipinski definition) is 0. The zero-order chi connectivity index (χ0) is 13.2. The first kappa shape index (κ1) is 12.5. The highest BCUT2D eigenvalue weighted by molar-refractivity contribution is 14.1. The lowest BCUT2D eigenvalue weighted by Gasteiger charge is -2.02. The van der Waals surface area contributed by atoms with E-state index in [4.69, 9.17) is 4.74 Å². The molecular weight excluding hydrogens is 355 g/mol. The third-order valence-electron chi connectivity index (χ3n) is 2.88. The Morgan fingerprint density at radius 1 is 1.11 bits per heavy atom. The Bertz CT molecular complexity index is 704. The minimum Gasteiger partial charge on any atom is -0.494 e. The van der Waals surface area contributed by atoms with Crippen molar-refractivity contribution in [3.63, 3.8) is 0 Å². The minimum atomic E-state index is 0.687. The van der Waals surface area contributed by atoms with Gasteiger partial charge in [-0.2, -0.15) is 0 Å². The number of halogens is 1. The third-order valence-corrected chi connectivity index (χ3v) is 3.51. The molecule has 0 saturated heterocycles. The highest BCUT2D eigenvalue weighted by Crippen LogP contribution is 2.22. The largest absolute Gasteiger partial charge is 0.494 e. The quantitative estimate of drug-likeness (QED) is 0.654. The van der Waals surface area contributed by atoms with E-state index in [1.54, 1.807) is 0 Å². The van der Waals surface area contributed by atoms with E-state index in [2.05, 4.69) is 39.8 Å². The van der Waals surface area contributed by atoms with Gasteiger partial charge in [-0.1, -0.05) is 0 Å². The molecule has 1 aromatic carbocycles. The summed E-state index contributed by atoms with van der Waals surface area (Å²) in [6.45, 7) is 2.67. The van der Waals surface area contributed by atoms with E-state index < -0.39 is 0 Å². The van der Waals surface area contributed by atoms with Crippen LogP contribution in [-0.4, -0.2) is 16.0 Å². The van der Waals surface area contributed by atoms with Gasteiger partial charge in [0.25, 0.3) is 0 Å². The summed E-state index contributed by atoms with van der Waals surface area (Å²) in [5.41, 5.74) is 3.04. The maximum Gasteiger partial charge on any atom is 0.137 e. The molecule has 0 aliphatic heterocycles. The maximum absolute atomic E-state index is 5.44. The Hall–Kier alpha value is -1.56. The molecule has 2 aromatic heterocycles. The normalized spacial score (nSPS) is 10.8. The number of ether oxygens (including phenoxy) is 1. The summed E-state index contributed by atoms with van der Waals surface area (Å²) in [6.07, 6.45) is 4.12. The standard InChI is InChI=1S/C15H13IN2O/c1-2-19-13-6-3-11(4-7-13)14-10-18-9-12(16)5-8-15(18)17-14/h3-10H,2H2,1H3/i16+4. The fourth-order valence-corrected chi connectivity index (χ4v) is 2.47. The van der Waals surface area contributed by atoms with Gasteiger partial charge in [0, 0.05) is 21.5 Å². The van der Waals surface area contributed by atoms with Crippen molar-refractivity contribution in [1.82, 2.24) is 9.38 Å². The van der Waals surface area contributed by atoms with Gasteiger partial charge in [0.2, 0.25) is 0 Å². The zero-order valence-corrected chi connectivity index (χ0v) is 12.7. The van der Waals surface area contributed by atoms with E-state index in [0.717, 1.165) is 22.7 Å². The first-order valence-electron chi connectivity index (χ1n) is 6.14. The highest BCUT2D eigenvalue weighted by atomic mass is 131. The highest BCUT2D eigenvalue weighted by Gasteiger charge is 2.04. The molecule has 0 fully saturated rings. The monoisotopic (exact) mass is 368 g/mol. The fourth-order valence-electron chi connectivity index (χ4n) is 1.99. The molecule has 0 amide bonds. The van der Waals surface area contributed by atoms with Crippen LogP contribution in [0.25, 0.3) is 16.9 Å². The van der Waals surface area contributed by atoms with Gasteiger partial charge in [-0.15, -0.1) is 0 Å². The van der Waals surface area contributed by atoms with Gasteiger partial charge < -0.3 is 9.14 Å². The second-order valence-electron chi connectivity index (χ2n) is 4.20. The summed E-state index contributed by atoms with van der Waals surface area (Å²) in [6, 6.07) is 12.1. The molecule has 0 radical (unpaired) electrons. The SMILES string of the molecule is CCOc1ccc(-c2cn3cc([131I])ccc3n2)cc1. The Kier molecular flexibility index (Phi) is 3.42. The van der Waals surface area contributed by atoms with E-state index in [-0.39, 0.29) is 0 Å². The summed E-state index contributed by atoms with van der Waals surface area (Å²) < 4.78 is 8.69. The summed E-state index contributed by atoms with van der Waals surface area (Å²) in [5.74, 6) is 0.893. The van der Waals surface area contributed by atoms with Crippen molar-refractivity contribution in [2.45, 2.75) is 6.92 Å². The molecule has 0 saturated carbocycles. The number of benzene rings is 1. The Morgan fingerprint density at radius 2 is 1.89 bits per heavy atom. The van der Waals surface area contributed by atoms with Crippen LogP contribution in [0.5, 0.6) is 5.75 Å². The van der Waals surface area contributed by atoms with Gasteiger partial charge in [-0.3, -0.25) is 0 Å². The van der Waals surface area contributed by atoms with Crippen molar-refractivity contribution in [3.8, 4) is 17.0 Å². The van der Waals surface area contributed by atoms with E-state index in [1.165, 1.54) is 3.57 Å². The molecule has 4 heteroatoms. The van der Waals surface area contributed by atoms with Crippen LogP contribution in [0.2, 0.25) is 0 Å². The summed E-state index contributed by atoms with van der Waals surface area (Å²) >= 11 is 2.30. The average Bonchev–Trinajstić information content (AvgIpc) is 2.83. The molecule has 0 aliphatic carbocycles. The van der Waals surface area contributed by atoms with E-state index in [1.807, 2.05) is 47.9 Å². The van der Waals surface area contributed by atoms with Crippen LogP contribution < -0.4 is 4.74 Å². The lowest BCUT2D eigenvalue weighted by molar-refractivity contribution is 0.340. The van der Waals surface area contributed by atoms with Gasteiger partial charge in [0.05, 0.1) is 12.3 Å². The van der Waals surface area contributed by atoms with Crippen molar-refractivity contribution in [2.75, 3.05) is 6.61 Å². The Balaban J connectivity index is 1.99. The number of aromatic nitrogens is 2. The van der Waals surface area contributed by atoms with Crippen LogP contribution in [-0.2, 0) is 0 Å². The summed E-state index contributed by atoms with van der Waals surface area (Å²) in [7, 11) is 0. The van der Waals surface area contributed by atoms with Crippen LogP contribution in [0.1, 0.15) is 6.92 Å². The van der Waals surface area contributed by atoms with Crippen molar-refractivity contribution >= 4 is 28.2 Å². The van der Waals surface area contributed by atoms with Crippen molar-refractivity contribution < 1.29 is 4.74 Å². The van der Waals surface area contributed by atoms with Crippen LogP contribution in [0.4, 0.5) is 0 Å². The summed E-state index contributed by atoms with van der Waals surface area (Å²) in [4.78, 5) is 4.62. The minimum absolute atomic E-state index is 0.687. The fraction of sp³-hybridized carbons (Fsp3) is 0.133. The average molecular weight is 368 g/mol. The molecule has 0 atom stereocenters. The predicted molar refractivity (Wildman–Crippen MR) is 84.5 cm³/mol. The predicted octanol–water partition coefficient (Wildman–Crippen LogP) is 4.00. The first-order chi connectivity index (χ1) is 9.26. The number of imidazole rings is 1. The van der Waals surface area contributed by atoms with Gasteiger partial charge >= 0.3 is 0 Å². The first-order valence-corrected chi connectivity index (χ1v) is 7.21. The Labute approximate surface area is 125 Å². The molecule has 0 bridgehead atoms. The van der Waals surface area contributed by atoms with Gasteiger partial charge in [0.15, 0.2) is 0 Å². The van der Waals surface area contributed by atoms with Gasteiger partial charge in [0.1, 0.15) is 11.4 Å². The molecule has 0 spiro atoms. The van der Waals surface area contributed by atoms with E-state index in [9.17, 15) is 0 Å². The maximum atomic E-state index is 5.44. The number of rotatable bonds is 3. The van der Waals surface area contributed by atoms with E-state index >= 15 is 0 Å². The molecule has 3 nitrogen and oxygen atoms in total. The van der Waals surface area contributed by atoms with Crippen LogP contribution in [0.3, 0.4) is 0 Å². The third kappa shape index (κ3) is 2.58. The molecule has 0 N–H and O–H groups in total. The summed E-state index contributed by atoms with van der Waals surface area (Å²) in [5, 5.41) is 0. The smallest absolute Gasteiger partial charge is 0.137 e. The molecule has 19 heavy (non-hydrogen) atoms. The molecule has 3 rings (SSSR count). The number of nitrogens with zero attached hydrogens (tertiary/aromatic N) is 2. The van der Waals surface area contributed by atoms with Crippen molar-refractivity contribution in [2.24, 2.45) is 0 Å². The molecule has 3 aromatic rings. The van der Waals surface area contributed by atoms with Gasteiger partial charge in [-0.05, 0) is 65.9 Å². The number of hydrogen-bond acceptors (Lipinski definition) is 2. The zero-order valence-electron chi connectivity index (χ0n) is 10.5. The number of pyridine rings is 1.